The van der Waals surface area contributed by atoms with Gasteiger partial charge in [-0.25, -0.2) is 9.97 Å². The highest BCUT2D eigenvalue weighted by molar-refractivity contribution is 5.89. The van der Waals surface area contributed by atoms with Gasteiger partial charge in [-0.05, 0) is 12.1 Å². The van der Waals surface area contributed by atoms with Crippen molar-refractivity contribution in [3.63, 3.8) is 0 Å². The third-order valence-electron chi connectivity index (χ3n) is 3.05. The Hall–Kier alpha value is -2.37. The van der Waals surface area contributed by atoms with Crippen LogP contribution < -0.4 is 10.6 Å². The third kappa shape index (κ3) is 2.73. The van der Waals surface area contributed by atoms with Crippen LogP contribution in [0.4, 0.5) is 5.82 Å². The van der Waals surface area contributed by atoms with E-state index in [0.717, 1.165) is 16.7 Å². The zero-order valence-corrected chi connectivity index (χ0v) is 11.0. The SMILES string of the molecule is CC(CN(C)c1ncnc2ccccc12)C(N)=NO. The number of aromatic nitrogens is 2. The molecule has 0 amide bonds. The lowest BCUT2D eigenvalue weighted by atomic mass is 10.1. The Labute approximate surface area is 111 Å². The molecular weight excluding hydrogens is 242 g/mol. The Morgan fingerprint density at radius 1 is 1.42 bits per heavy atom. The van der Waals surface area contributed by atoms with Gasteiger partial charge in [-0.3, -0.25) is 0 Å². The summed E-state index contributed by atoms with van der Waals surface area (Å²) in [6, 6.07) is 7.82. The molecule has 19 heavy (non-hydrogen) atoms. The second-order valence-electron chi connectivity index (χ2n) is 4.52. The molecule has 6 nitrogen and oxygen atoms in total. The van der Waals surface area contributed by atoms with Crippen molar-refractivity contribution in [3.8, 4) is 0 Å². The molecule has 0 aliphatic carbocycles. The maximum absolute atomic E-state index is 8.68. The van der Waals surface area contributed by atoms with Crippen molar-refractivity contribution in [1.29, 1.82) is 0 Å². The molecule has 3 N–H and O–H groups in total. The van der Waals surface area contributed by atoms with Crippen LogP contribution in [0.5, 0.6) is 0 Å². The molecule has 0 saturated carbocycles. The second kappa shape index (κ2) is 5.51. The average Bonchev–Trinajstić information content (AvgIpc) is 2.45. The summed E-state index contributed by atoms with van der Waals surface area (Å²) >= 11 is 0. The first-order valence-electron chi connectivity index (χ1n) is 6.01. The van der Waals surface area contributed by atoms with E-state index in [1.54, 1.807) is 6.33 Å². The molecule has 0 aliphatic heterocycles. The molecule has 1 aromatic carbocycles. The van der Waals surface area contributed by atoms with Crippen molar-refractivity contribution >= 4 is 22.6 Å². The second-order valence-corrected chi connectivity index (χ2v) is 4.52. The molecule has 1 unspecified atom stereocenters. The summed E-state index contributed by atoms with van der Waals surface area (Å²) in [5.41, 5.74) is 6.49. The van der Waals surface area contributed by atoms with Crippen LogP contribution in [0.1, 0.15) is 6.92 Å². The zero-order chi connectivity index (χ0) is 13.8. The van der Waals surface area contributed by atoms with E-state index in [9.17, 15) is 0 Å². The number of amidine groups is 1. The number of para-hydroxylation sites is 1. The number of fused-ring (bicyclic) bond motifs is 1. The van der Waals surface area contributed by atoms with Crippen molar-refractivity contribution in [2.24, 2.45) is 16.8 Å². The first-order chi connectivity index (χ1) is 9.13. The van der Waals surface area contributed by atoms with Gasteiger partial charge in [0, 0.05) is 24.9 Å². The molecule has 1 atom stereocenters. The number of oxime groups is 1. The summed E-state index contributed by atoms with van der Waals surface area (Å²) in [5, 5.41) is 12.7. The lowest BCUT2D eigenvalue weighted by Gasteiger charge is -2.22. The van der Waals surface area contributed by atoms with E-state index >= 15 is 0 Å². The van der Waals surface area contributed by atoms with E-state index in [0.29, 0.717) is 6.54 Å². The van der Waals surface area contributed by atoms with Crippen LogP contribution in [0.3, 0.4) is 0 Å². The summed E-state index contributed by atoms with van der Waals surface area (Å²) in [6.07, 6.45) is 1.54. The smallest absolute Gasteiger partial charge is 0.143 e. The summed E-state index contributed by atoms with van der Waals surface area (Å²) in [4.78, 5) is 10.5. The summed E-state index contributed by atoms with van der Waals surface area (Å²) < 4.78 is 0. The van der Waals surface area contributed by atoms with Gasteiger partial charge in [0.05, 0.1) is 5.52 Å². The van der Waals surface area contributed by atoms with Crippen molar-refractivity contribution in [3.05, 3.63) is 30.6 Å². The van der Waals surface area contributed by atoms with E-state index in [1.165, 1.54) is 0 Å². The van der Waals surface area contributed by atoms with Gasteiger partial charge in [-0.1, -0.05) is 24.2 Å². The lowest BCUT2D eigenvalue weighted by molar-refractivity contribution is 0.314. The molecule has 0 radical (unpaired) electrons. The van der Waals surface area contributed by atoms with Crippen LogP contribution in [0.25, 0.3) is 10.9 Å². The molecule has 2 aromatic rings. The van der Waals surface area contributed by atoms with Gasteiger partial charge in [0.2, 0.25) is 0 Å². The maximum atomic E-state index is 8.68. The van der Waals surface area contributed by atoms with E-state index in [1.807, 2.05) is 43.1 Å². The lowest BCUT2D eigenvalue weighted by Crippen LogP contribution is -2.33. The van der Waals surface area contributed by atoms with Crippen LogP contribution in [0, 0.1) is 5.92 Å². The van der Waals surface area contributed by atoms with Crippen molar-refractivity contribution < 1.29 is 5.21 Å². The molecule has 2 rings (SSSR count). The average molecular weight is 259 g/mol. The molecule has 0 saturated heterocycles. The van der Waals surface area contributed by atoms with Crippen LogP contribution in [0.15, 0.2) is 35.7 Å². The Morgan fingerprint density at radius 3 is 2.89 bits per heavy atom. The highest BCUT2D eigenvalue weighted by atomic mass is 16.4. The first-order valence-corrected chi connectivity index (χ1v) is 6.01. The summed E-state index contributed by atoms with van der Waals surface area (Å²) in [7, 11) is 1.93. The molecule has 0 bridgehead atoms. The third-order valence-corrected chi connectivity index (χ3v) is 3.05. The number of nitrogens with two attached hydrogens (primary N) is 1. The van der Waals surface area contributed by atoms with Gasteiger partial charge in [0.15, 0.2) is 0 Å². The first kappa shape index (κ1) is 13.1. The number of hydrogen-bond donors (Lipinski definition) is 2. The fourth-order valence-electron chi connectivity index (χ4n) is 1.98. The minimum atomic E-state index is -0.0660. The van der Waals surface area contributed by atoms with Crippen LogP contribution in [-0.2, 0) is 0 Å². The van der Waals surface area contributed by atoms with Crippen molar-refractivity contribution in [2.75, 3.05) is 18.5 Å². The van der Waals surface area contributed by atoms with Gasteiger partial charge in [0.25, 0.3) is 0 Å². The van der Waals surface area contributed by atoms with Crippen LogP contribution in [0.2, 0.25) is 0 Å². The Morgan fingerprint density at radius 2 is 2.16 bits per heavy atom. The molecule has 6 heteroatoms. The minimum Gasteiger partial charge on any atom is -0.409 e. The molecule has 1 heterocycles. The summed E-state index contributed by atoms with van der Waals surface area (Å²) in [5.74, 6) is 0.983. The molecule has 1 aromatic heterocycles. The Bertz CT molecular complexity index is 593. The topological polar surface area (TPSA) is 87.6 Å². The predicted octanol–water partition coefficient (Wildman–Crippen LogP) is 1.45. The van der Waals surface area contributed by atoms with Gasteiger partial charge < -0.3 is 15.8 Å². The van der Waals surface area contributed by atoms with Gasteiger partial charge in [-0.2, -0.15) is 0 Å². The van der Waals surface area contributed by atoms with Crippen molar-refractivity contribution in [1.82, 2.24) is 9.97 Å². The predicted molar refractivity (Wildman–Crippen MR) is 75.4 cm³/mol. The van der Waals surface area contributed by atoms with Gasteiger partial charge in [0.1, 0.15) is 18.0 Å². The Balaban J connectivity index is 2.29. The zero-order valence-electron chi connectivity index (χ0n) is 11.0. The van der Waals surface area contributed by atoms with Gasteiger partial charge >= 0.3 is 0 Å². The number of benzene rings is 1. The monoisotopic (exact) mass is 259 g/mol. The minimum absolute atomic E-state index is 0.0660. The molecular formula is C13H17N5O. The van der Waals surface area contributed by atoms with Crippen molar-refractivity contribution in [2.45, 2.75) is 6.92 Å². The number of anilines is 1. The molecule has 0 aliphatic rings. The largest absolute Gasteiger partial charge is 0.409 e. The van der Waals surface area contributed by atoms with Gasteiger partial charge in [-0.15, -0.1) is 0 Å². The van der Waals surface area contributed by atoms with Crippen LogP contribution in [-0.4, -0.2) is 34.6 Å². The highest BCUT2D eigenvalue weighted by Crippen LogP contribution is 2.22. The quantitative estimate of drug-likeness (QED) is 0.375. The molecule has 0 fully saturated rings. The summed E-state index contributed by atoms with van der Waals surface area (Å²) in [6.45, 7) is 2.51. The fourth-order valence-corrected chi connectivity index (χ4v) is 1.98. The highest BCUT2D eigenvalue weighted by Gasteiger charge is 2.14. The normalized spacial score (nSPS) is 13.5. The standard InChI is InChI=1S/C13H17N5O/c1-9(12(14)17-19)7-18(2)13-10-5-3-4-6-11(10)15-8-16-13/h3-6,8-9,19H,7H2,1-2H3,(H2,14,17). The van der Waals surface area contributed by atoms with E-state index < -0.39 is 0 Å². The maximum Gasteiger partial charge on any atom is 0.143 e. The number of hydrogen-bond acceptors (Lipinski definition) is 5. The van der Waals surface area contributed by atoms with E-state index in [2.05, 4.69) is 15.1 Å². The number of rotatable bonds is 4. The van der Waals surface area contributed by atoms with E-state index in [-0.39, 0.29) is 11.8 Å². The number of nitrogens with zero attached hydrogens (tertiary/aromatic N) is 4. The fraction of sp³-hybridized carbons (Fsp3) is 0.308. The van der Waals surface area contributed by atoms with Crippen LogP contribution >= 0.6 is 0 Å². The Kier molecular flexibility index (Phi) is 3.79. The van der Waals surface area contributed by atoms with E-state index in [4.69, 9.17) is 10.9 Å². The molecule has 100 valence electrons. The molecule has 0 spiro atoms.